The maximum Gasteiger partial charge on any atom is 0.271 e. The fraction of sp³-hybridized carbons (Fsp3) is 0.0455. The van der Waals surface area contributed by atoms with Crippen LogP contribution in [0, 0.1) is 3.57 Å². The molecule has 0 bridgehead atoms. The highest BCUT2D eigenvalue weighted by atomic mass is 127. The molecule has 28 heavy (non-hydrogen) atoms. The topological polar surface area (TPSA) is 70.6 Å². The van der Waals surface area contributed by atoms with Crippen molar-refractivity contribution in [3.8, 4) is 0 Å². The molecule has 0 aliphatic heterocycles. The Bertz CT molecular complexity index is 1000. The van der Waals surface area contributed by atoms with Crippen molar-refractivity contribution in [2.24, 2.45) is 5.10 Å². The molecular weight excluding hydrogens is 465 g/mol. The van der Waals surface area contributed by atoms with E-state index in [4.69, 9.17) is 0 Å². The summed E-state index contributed by atoms with van der Waals surface area (Å²) in [7, 11) is 0. The highest BCUT2D eigenvalue weighted by Crippen LogP contribution is 2.12. The first kappa shape index (κ1) is 19.8. The van der Waals surface area contributed by atoms with Gasteiger partial charge in [-0.3, -0.25) is 9.59 Å². The quantitative estimate of drug-likeness (QED) is 0.313. The number of amides is 2. The lowest BCUT2D eigenvalue weighted by Gasteiger charge is -2.07. The van der Waals surface area contributed by atoms with Crippen molar-refractivity contribution in [1.29, 1.82) is 0 Å². The number of hydrogen-bond donors (Lipinski definition) is 2. The van der Waals surface area contributed by atoms with Crippen LogP contribution in [0.4, 0.5) is 5.69 Å². The minimum absolute atomic E-state index is 0.138. The lowest BCUT2D eigenvalue weighted by molar-refractivity contribution is -0.115. The summed E-state index contributed by atoms with van der Waals surface area (Å²) in [5.41, 5.74) is 5.31. The SMILES string of the molecule is O=C(Cc1ccccc1)Nc1cccc(C(=O)NN=Cc2cccc(I)c2)c1. The maximum atomic E-state index is 12.3. The number of hydrogen-bond acceptors (Lipinski definition) is 3. The van der Waals surface area contributed by atoms with Gasteiger partial charge in [0, 0.05) is 14.8 Å². The molecule has 3 aromatic carbocycles. The van der Waals surface area contributed by atoms with Gasteiger partial charge in [-0.05, 0) is 64.0 Å². The summed E-state index contributed by atoms with van der Waals surface area (Å²) in [6, 6.07) is 24.0. The molecule has 6 heteroatoms. The average Bonchev–Trinajstić information content (AvgIpc) is 2.69. The molecule has 0 saturated carbocycles. The Morgan fingerprint density at radius 3 is 2.50 bits per heavy atom. The van der Waals surface area contributed by atoms with E-state index < -0.39 is 0 Å². The van der Waals surface area contributed by atoms with E-state index in [9.17, 15) is 9.59 Å². The standard InChI is InChI=1S/C22H18IN3O2/c23-19-10-4-8-17(12-19)15-24-26-22(28)18-9-5-11-20(14-18)25-21(27)13-16-6-2-1-3-7-16/h1-12,14-15H,13H2,(H,25,27)(H,26,28). The second-order valence-corrected chi connectivity index (χ2v) is 7.29. The van der Waals surface area contributed by atoms with Crippen LogP contribution in [0.2, 0.25) is 0 Å². The normalized spacial score (nSPS) is 10.6. The summed E-state index contributed by atoms with van der Waals surface area (Å²) in [6.45, 7) is 0. The Balaban J connectivity index is 1.59. The number of carbonyl (C=O) groups is 2. The van der Waals surface area contributed by atoms with Gasteiger partial charge in [-0.25, -0.2) is 5.43 Å². The first-order chi connectivity index (χ1) is 13.6. The van der Waals surface area contributed by atoms with Gasteiger partial charge in [0.25, 0.3) is 5.91 Å². The van der Waals surface area contributed by atoms with Crippen LogP contribution < -0.4 is 10.7 Å². The van der Waals surface area contributed by atoms with Crippen molar-refractivity contribution in [3.63, 3.8) is 0 Å². The van der Waals surface area contributed by atoms with Gasteiger partial charge in [0.2, 0.25) is 5.91 Å². The third kappa shape index (κ3) is 6.02. The lowest BCUT2D eigenvalue weighted by atomic mass is 10.1. The minimum atomic E-state index is -0.346. The smallest absolute Gasteiger partial charge is 0.271 e. The molecule has 0 aliphatic carbocycles. The molecule has 0 saturated heterocycles. The monoisotopic (exact) mass is 483 g/mol. The predicted octanol–water partition coefficient (Wildman–Crippen LogP) is 4.24. The molecule has 0 fully saturated rings. The van der Waals surface area contributed by atoms with Crippen LogP contribution in [-0.2, 0) is 11.2 Å². The molecule has 3 rings (SSSR count). The van der Waals surface area contributed by atoms with Gasteiger partial charge < -0.3 is 5.32 Å². The van der Waals surface area contributed by atoms with Crippen LogP contribution in [-0.4, -0.2) is 18.0 Å². The third-order valence-corrected chi connectivity index (χ3v) is 4.52. The van der Waals surface area contributed by atoms with Gasteiger partial charge in [0.1, 0.15) is 0 Å². The molecular formula is C22H18IN3O2. The maximum absolute atomic E-state index is 12.3. The fourth-order valence-corrected chi connectivity index (χ4v) is 3.11. The van der Waals surface area contributed by atoms with Gasteiger partial charge in [-0.1, -0.05) is 48.5 Å². The zero-order valence-electron chi connectivity index (χ0n) is 14.9. The minimum Gasteiger partial charge on any atom is -0.326 e. The van der Waals surface area contributed by atoms with E-state index >= 15 is 0 Å². The molecule has 0 unspecified atom stereocenters. The van der Waals surface area contributed by atoms with E-state index in [1.54, 1.807) is 30.5 Å². The summed E-state index contributed by atoms with van der Waals surface area (Å²) >= 11 is 2.22. The Morgan fingerprint density at radius 1 is 0.929 bits per heavy atom. The summed E-state index contributed by atoms with van der Waals surface area (Å²) in [5, 5.41) is 6.81. The molecule has 0 atom stereocenters. The Labute approximate surface area is 177 Å². The molecule has 2 N–H and O–H groups in total. The third-order valence-electron chi connectivity index (χ3n) is 3.84. The molecule has 0 aliphatic rings. The van der Waals surface area contributed by atoms with Gasteiger partial charge in [0.05, 0.1) is 12.6 Å². The average molecular weight is 483 g/mol. The van der Waals surface area contributed by atoms with E-state index in [0.717, 1.165) is 14.7 Å². The zero-order valence-corrected chi connectivity index (χ0v) is 17.1. The summed E-state index contributed by atoms with van der Waals surface area (Å²) in [5.74, 6) is -0.485. The number of rotatable bonds is 6. The number of nitrogens with zero attached hydrogens (tertiary/aromatic N) is 1. The molecule has 0 heterocycles. The van der Waals surface area contributed by atoms with E-state index in [2.05, 4.69) is 38.4 Å². The van der Waals surface area contributed by atoms with E-state index in [1.165, 1.54) is 0 Å². The second kappa shape index (κ2) is 9.80. The van der Waals surface area contributed by atoms with Crippen molar-refractivity contribution < 1.29 is 9.59 Å². The van der Waals surface area contributed by atoms with Gasteiger partial charge >= 0.3 is 0 Å². The molecule has 0 aromatic heterocycles. The van der Waals surface area contributed by atoms with Crippen LogP contribution >= 0.6 is 22.6 Å². The second-order valence-electron chi connectivity index (χ2n) is 6.05. The van der Waals surface area contributed by atoms with Crippen molar-refractivity contribution >= 4 is 46.3 Å². The van der Waals surface area contributed by atoms with E-state index in [0.29, 0.717) is 11.3 Å². The molecule has 0 spiro atoms. The van der Waals surface area contributed by atoms with E-state index in [-0.39, 0.29) is 18.2 Å². The van der Waals surface area contributed by atoms with Crippen molar-refractivity contribution in [3.05, 3.63) is 99.1 Å². The number of nitrogens with one attached hydrogen (secondary N) is 2. The summed E-state index contributed by atoms with van der Waals surface area (Å²) in [6.07, 6.45) is 1.86. The van der Waals surface area contributed by atoms with Crippen LogP contribution in [0.5, 0.6) is 0 Å². The van der Waals surface area contributed by atoms with Crippen molar-refractivity contribution in [1.82, 2.24) is 5.43 Å². The van der Waals surface area contributed by atoms with Crippen LogP contribution in [0.1, 0.15) is 21.5 Å². The summed E-state index contributed by atoms with van der Waals surface area (Å²) in [4.78, 5) is 24.5. The van der Waals surface area contributed by atoms with Crippen molar-refractivity contribution in [2.45, 2.75) is 6.42 Å². The highest BCUT2D eigenvalue weighted by Gasteiger charge is 2.08. The number of halogens is 1. The fourth-order valence-electron chi connectivity index (χ4n) is 2.54. The summed E-state index contributed by atoms with van der Waals surface area (Å²) < 4.78 is 1.09. The van der Waals surface area contributed by atoms with Gasteiger partial charge in [-0.15, -0.1) is 0 Å². The van der Waals surface area contributed by atoms with Gasteiger partial charge in [0.15, 0.2) is 0 Å². The lowest BCUT2D eigenvalue weighted by Crippen LogP contribution is -2.19. The Hall–Kier alpha value is -3.00. The number of carbonyl (C=O) groups excluding carboxylic acids is 2. The van der Waals surface area contributed by atoms with Crippen LogP contribution in [0.3, 0.4) is 0 Å². The van der Waals surface area contributed by atoms with Crippen molar-refractivity contribution in [2.75, 3.05) is 5.32 Å². The number of benzene rings is 3. The number of hydrazone groups is 1. The molecule has 0 radical (unpaired) electrons. The van der Waals surface area contributed by atoms with E-state index in [1.807, 2.05) is 54.6 Å². The molecule has 2 amide bonds. The first-order valence-corrected chi connectivity index (χ1v) is 9.71. The van der Waals surface area contributed by atoms with Crippen LogP contribution in [0.15, 0.2) is 84.0 Å². The largest absolute Gasteiger partial charge is 0.326 e. The van der Waals surface area contributed by atoms with Gasteiger partial charge in [-0.2, -0.15) is 5.10 Å². The Morgan fingerprint density at radius 2 is 1.71 bits per heavy atom. The highest BCUT2D eigenvalue weighted by molar-refractivity contribution is 14.1. The zero-order chi connectivity index (χ0) is 19.8. The predicted molar refractivity (Wildman–Crippen MR) is 119 cm³/mol. The first-order valence-electron chi connectivity index (χ1n) is 8.63. The number of anilines is 1. The Kier molecular flexibility index (Phi) is 6.91. The molecule has 5 nitrogen and oxygen atoms in total. The van der Waals surface area contributed by atoms with Crippen LogP contribution in [0.25, 0.3) is 0 Å². The molecule has 3 aromatic rings. The molecule has 140 valence electrons.